The van der Waals surface area contributed by atoms with Crippen molar-refractivity contribution in [1.29, 1.82) is 0 Å². The number of urea groups is 1. The van der Waals surface area contributed by atoms with Crippen molar-refractivity contribution in [2.24, 2.45) is 5.92 Å². The molecule has 2 fully saturated rings. The molecule has 0 spiro atoms. The molecule has 1 aromatic carbocycles. The van der Waals surface area contributed by atoms with E-state index in [1.165, 1.54) is 0 Å². The van der Waals surface area contributed by atoms with Gasteiger partial charge in [-0.1, -0.05) is 12.1 Å². The van der Waals surface area contributed by atoms with Crippen LogP contribution in [-0.4, -0.2) is 41.1 Å². The van der Waals surface area contributed by atoms with Crippen molar-refractivity contribution in [1.82, 2.24) is 10.2 Å². The Balaban J connectivity index is 1.54. The fourth-order valence-electron chi connectivity index (χ4n) is 2.86. The number of benzene rings is 1. The van der Waals surface area contributed by atoms with E-state index in [1.54, 1.807) is 18.7 Å². The number of thioether (sulfide) groups is 1. The molecular formula is C17H20N2O4S. The van der Waals surface area contributed by atoms with Crippen molar-refractivity contribution in [3.63, 3.8) is 0 Å². The zero-order valence-corrected chi connectivity index (χ0v) is 14.5. The highest BCUT2D eigenvalue weighted by atomic mass is 32.2. The minimum absolute atomic E-state index is 0.122. The van der Waals surface area contributed by atoms with Crippen LogP contribution in [0.3, 0.4) is 0 Å². The van der Waals surface area contributed by atoms with Crippen LogP contribution in [0.1, 0.15) is 25.3 Å². The summed E-state index contributed by atoms with van der Waals surface area (Å²) in [6, 6.07) is 7.16. The van der Waals surface area contributed by atoms with Crippen molar-refractivity contribution < 1.29 is 19.1 Å². The Bertz CT molecular complexity index is 672. The monoisotopic (exact) mass is 348 g/mol. The number of esters is 1. The number of carbonyl (C=O) groups is 3. The van der Waals surface area contributed by atoms with Gasteiger partial charge >= 0.3 is 12.0 Å². The first-order valence-corrected chi connectivity index (χ1v) is 9.09. The van der Waals surface area contributed by atoms with Gasteiger partial charge in [0.1, 0.15) is 18.7 Å². The summed E-state index contributed by atoms with van der Waals surface area (Å²) >= 11 is 1.63. The summed E-state index contributed by atoms with van der Waals surface area (Å²) in [7, 11) is 0. The summed E-state index contributed by atoms with van der Waals surface area (Å²) in [5, 5.41) is 2.71. The summed E-state index contributed by atoms with van der Waals surface area (Å²) in [5.74, 6) is -0.756. The molecule has 1 heterocycles. The Hall–Kier alpha value is -2.02. The fourth-order valence-corrected chi connectivity index (χ4v) is 3.27. The molecule has 3 rings (SSSR count). The largest absolute Gasteiger partial charge is 0.459 e. The SMILES string of the molecule is CSc1ccc(COC(=O)CN2C(=O)N[C@](C)(C3CC3)C2=O)cc1. The van der Waals surface area contributed by atoms with E-state index in [0.717, 1.165) is 28.2 Å². The maximum absolute atomic E-state index is 12.4. The highest BCUT2D eigenvalue weighted by Crippen LogP contribution is 2.42. The zero-order valence-electron chi connectivity index (χ0n) is 13.7. The smallest absolute Gasteiger partial charge is 0.326 e. The number of hydrogen-bond donors (Lipinski definition) is 1. The predicted molar refractivity (Wildman–Crippen MR) is 89.4 cm³/mol. The van der Waals surface area contributed by atoms with Gasteiger partial charge in [0, 0.05) is 4.90 Å². The van der Waals surface area contributed by atoms with Crippen molar-refractivity contribution in [2.45, 2.75) is 36.8 Å². The molecule has 1 atom stereocenters. The maximum atomic E-state index is 12.4. The van der Waals surface area contributed by atoms with Crippen LogP contribution in [0.5, 0.6) is 0 Å². The molecular weight excluding hydrogens is 328 g/mol. The topological polar surface area (TPSA) is 75.7 Å². The predicted octanol–water partition coefficient (Wildman–Crippen LogP) is 2.17. The summed E-state index contributed by atoms with van der Waals surface area (Å²) in [6.45, 7) is 1.50. The highest BCUT2D eigenvalue weighted by molar-refractivity contribution is 7.98. The van der Waals surface area contributed by atoms with Gasteiger partial charge in [-0.25, -0.2) is 4.79 Å². The van der Waals surface area contributed by atoms with Crippen molar-refractivity contribution in [2.75, 3.05) is 12.8 Å². The maximum Gasteiger partial charge on any atom is 0.326 e. The lowest BCUT2D eigenvalue weighted by Crippen LogP contribution is -2.46. The third kappa shape index (κ3) is 3.26. The van der Waals surface area contributed by atoms with E-state index < -0.39 is 17.5 Å². The van der Waals surface area contributed by atoms with Gasteiger partial charge in [-0.2, -0.15) is 0 Å². The lowest BCUT2D eigenvalue weighted by atomic mass is 9.96. The number of imide groups is 1. The molecule has 7 heteroatoms. The number of nitrogens with one attached hydrogen (secondary N) is 1. The first kappa shape index (κ1) is 16.8. The number of rotatable bonds is 6. The number of nitrogens with zero attached hydrogens (tertiary/aromatic N) is 1. The Morgan fingerprint density at radius 1 is 1.33 bits per heavy atom. The minimum Gasteiger partial charge on any atom is -0.459 e. The normalized spacial score (nSPS) is 23.3. The van der Waals surface area contributed by atoms with Gasteiger partial charge in [0.05, 0.1) is 0 Å². The van der Waals surface area contributed by atoms with E-state index in [9.17, 15) is 14.4 Å². The highest BCUT2D eigenvalue weighted by Gasteiger charge is 2.56. The number of hydrogen-bond acceptors (Lipinski definition) is 5. The minimum atomic E-state index is -0.870. The Labute approximate surface area is 144 Å². The van der Waals surface area contributed by atoms with Gasteiger partial charge in [-0.15, -0.1) is 11.8 Å². The molecule has 1 aliphatic carbocycles. The van der Waals surface area contributed by atoms with Crippen LogP contribution in [0.25, 0.3) is 0 Å². The van der Waals surface area contributed by atoms with E-state index in [2.05, 4.69) is 5.32 Å². The Kier molecular flexibility index (Phi) is 4.54. The first-order chi connectivity index (χ1) is 11.4. The molecule has 1 N–H and O–H groups in total. The van der Waals surface area contributed by atoms with Gasteiger partial charge in [0.2, 0.25) is 0 Å². The quantitative estimate of drug-likeness (QED) is 0.484. The van der Waals surface area contributed by atoms with E-state index in [1.807, 2.05) is 30.5 Å². The molecule has 1 saturated carbocycles. The van der Waals surface area contributed by atoms with Crippen LogP contribution in [0, 0.1) is 5.92 Å². The molecule has 0 radical (unpaired) electrons. The molecule has 3 amide bonds. The van der Waals surface area contributed by atoms with Gasteiger partial charge in [-0.3, -0.25) is 14.5 Å². The van der Waals surface area contributed by atoms with Crippen molar-refractivity contribution >= 4 is 29.7 Å². The van der Waals surface area contributed by atoms with Crippen LogP contribution in [0.4, 0.5) is 4.79 Å². The van der Waals surface area contributed by atoms with E-state index in [4.69, 9.17) is 4.74 Å². The van der Waals surface area contributed by atoms with E-state index >= 15 is 0 Å². The van der Waals surface area contributed by atoms with Gasteiger partial charge in [0.15, 0.2) is 0 Å². The van der Waals surface area contributed by atoms with Crippen molar-refractivity contribution in [3.05, 3.63) is 29.8 Å². The molecule has 1 aliphatic heterocycles. The number of carbonyl (C=O) groups excluding carboxylic acids is 3. The third-order valence-corrected chi connectivity index (χ3v) is 5.28. The van der Waals surface area contributed by atoms with Gasteiger partial charge < -0.3 is 10.1 Å². The molecule has 2 aliphatic rings. The van der Waals surface area contributed by atoms with Crippen LogP contribution in [-0.2, 0) is 20.9 Å². The summed E-state index contributed by atoms with van der Waals surface area (Å²) < 4.78 is 5.18. The summed E-state index contributed by atoms with van der Waals surface area (Å²) in [6.07, 6.45) is 3.84. The van der Waals surface area contributed by atoms with Crippen LogP contribution >= 0.6 is 11.8 Å². The van der Waals surface area contributed by atoms with E-state index in [-0.39, 0.29) is 25.0 Å². The Morgan fingerprint density at radius 3 is 2.58 bits per heavy atom. The van der Waals surface area contributed by atoms with Gasteiger partial charge in [-0.05, 0) is 49.6 Å². The number of amides is 3. The second-order valence-corrected chi connectivity index (χ2v) is 7.19. The van der Waals surface area contributed by atoms with Gasteiger partial charge in [0.25, 0.3) is 5.91 Å². The molecule has 6 nitrogen and oxygen atoms in total. The molecule has 128 valence electrons. The lowest BCUT2D eigenvalue weighted by molar-refractivity contribution is -0.148. The zero-order chi connectivity index (χ0) is 17.3. The molecule has 0 bridgehead atoms. The standard InChI is InChI=1S/C17H20N2O4S/c1-17(12-5-6-12)15(21)19(16(22)18-17)9-14(20)23-10-11-3-7-13(24-2)8-4-11/h3-4,7-8,12H,5-6,9-10H2,1-2H3,(H,18,22)/t17-/m1/s1. The molecule has 1 aromatic rings. The average Bonchev–Trinajstić information content (AvgIpc) is 3.40. The van der Waals surface area contributed by atoms with Crippen LogP contribution < -0.4 is 5.32 Å². The second-order valence-electron chi connectivity index (χ2n) is 6.31. The second kappa shape index (κ2) is 6.47. The molecule has 24 heavy (non-hydrogen) atoms. The van der Waals surface area contributed by atoms with Crippen molar-refractivity contribution in [3.8, 4) is 0 Å². The molecule has 1 saturated heterocycles. The molecule has 0 aromatic heterocycles. The van der Waals surface area contributed by atoms with Crippen LogP contribution in [0.15, 0.2) is 29.2 Å². The Morgan fingerprint density at radius 2 is 2.00 bits per heavy atom. The molecule has 0 unspecified atom stereocenters. The van der Waals surface area contributed by atoms with Crippen LogP contribution in [0.2, 0.25) is 0 Å². The fraction of sp³-hybridized carbons (Fsp3) is 0.471. The third-order valence-electron chi connectivity index (χ3n) is 4.54. The summed E-state index contributed by atoms with van der Waals surface area (Å²) in [5.41, 5.74) is -0.00783. The lowest BCUT2D eigenvalue weighted by Gasteiger charge is -2.20. The average molecular weight is 348 g/mol. The first-order valence-electron chi connectivity index (χ1n) is 7.86. The van der Waals surface area contributed by atoms with E-state index in [0.29, 0.717) is 0 Å². The summed E-state index contributed by atoms with van der Waals surface area (Å²) in [4.78, 5) is 38.5. The number of ether oxygens (including phenoxy) is 1.